The summed E-state index contributed by atoms with van der Waals surface area (Å²) in [6, 6.07) is 13.7. The Kier molecular flexibility index (Phi) is 5.51. The number of hydrogen-bond donors (Lipinski definition) is 4. The maximum atomic E-state index is 12.2. The number of nitrogens with zero attached hydrogens (tertiary/aromatic N) is 1. The standard InChI is InChI=1S/C17H18N4O3/c18-17(19)21-14-6-2-5-13(9-14)16(24)20-10-12-4-1-3-11(7-12)8-15(22)23/h1-7,9H,8,10H2,(H,20,24)(H,22,23)(H4,18,19,21). The average molecular weight is 326 g/mol. The fourth-order valence-corrected chi connectivity index (χ4v) is 2.17. The zero-order valence-electron chi connectivity index (χ0n) is 12.9. The van der Waals surface area contributed by atoms with Crippen LogP contribution in [0.4, 0.5) is 5.69 Å². The minimum Gasteiger partial charge on any atom is -0.481 e. The number of benzene rings is 2. The quantitative estimate of drug-likeness (QED) is 0.467. The number of hydrogen-bond acceptors (Lipinski definition) is 3. The summed E-state index contributed by atoms with van der Waals surface area (Å²) in [7, 11) is 0. The summed E-state index contributed by atoms with van der Waals surface area (Å²) in [5, 5.41) is 11.6. The number of guanidine groups is 1. The van der Waals surface area contributed by atoms with Gasteiger partial charge in [-0.15, -0.1) is 0 Å². The summed E-state index contributed by atoms with van der Waals surface area (Å²) < 4.78 is 0. The summed E-state index contributed by atoms with van der Waals surface area (Å²) in [4.78, 5) is 26.8. The first-order valence-electron chi connectivity index (χ1n) is 7.21. The van der Waals surface area contributed by atoms with Crippen LogP contribution in [-0.2, 0) is 17.8 Å². The molecule has 0 aromatic heterocycles. The van der Waals surface area contributed by atoms with Gasteiger partial charge < -0.3 is 21.9 Å². The van der Waals surface area contributed by atoms with Gasteiger partial charge in [0.2, 0.25) is 0 Å². The molecule has 0 aliphatic carbocycles. The number of carboxylic acid groups (broad SMARTS) is 1. The number of nitrogens with two attached hydrogens (primary N) is 2. The van der Waals surface area contributed by atoms with Crippen LogP contribution in [-0.4, -0.2) is 22.9 Å². The van der Waals surface area contributed by atoms with Crippen molar-refractivity contribution in [3.05, 3.63) is 65.2 Å². The molecule has 0 bridgehead atoms. The predicted octanol–water partition coefficient (Wildman–Crippen LogP) is 1.15. The molecule has 2 aromatic rings. The third-order valence-corrected chi connectivity index (χ3v) is 3.17. The predicted molar refractivity (Wildman–Crippen MR) is 90.9 cm³/mol. The highest BCUT2D eigenvalue weighted by Gasteiger charge is 2.07. The van der Waals surface area contributed by atoms with Crippen molar-refractivity contribution in [2.45, 2.75) is 13.0 Å². The number of carbonyl (C=O) groups is 2. The summed E-state index contributed by atoms with van der Waals surface area (Å²) in [5.41, 5.74) is 13.1. The van der Waals surface area contributed by atoms with Gasteiger partial charge in [0.15, 0.2) is 5.96 Å². The van der Waals surface area contributed by atoms with E-state index in [-0.39, 0.29) is 18.3 Å². The highest BCUT2D eigenvalue weighted by Crippen LogP contribution is 2.14. The minimum atomic E-state index is -0.896. The summed E-state index contributed by atoms with van der Waals surface area (Å²) >= 11 is 0. The topological polar surface area (TPSA) is 131 Å². The first kappa shape index (κ1) is 17.0. The summed E-state index contributed by atoms with van der Waals surface area (Å²) in [6.07, 6.45) is -0.0532. The lowest BCUT2D eigenvalue weighted by Crippen LogP contribution is -2.23. The molecule has 7 heteroatoms. The Bertz CT molecular complexity index is 783. The van der Waals surface area contributed by atoms with Gasteiger partial charge in [0.1, 0.15) is 0 Å². The molecule has 0 unspecified atom stereocenters. The van der Waals surface area contributed by atoms with Crippen LogP contribution in [0.15, 0.2) is 53.5 Å². The fraction of sp³-hybridized carbons (Fsp3) is 0.118. The number of carbonyl (C=O) groups excluding carboxylic acids is 1. The Morgan fingerprint density at radius 2 is 1.75 bits per heavy atom. The van der Waals surface area contributed by atoms with E-state index in [2.05, 4.69) is 10.3 Å². The smallest absolute Gasteiger partial charge is 0.307 e. The molecule has 0 aliphatic rings. The van der Waals surface area contributed by atoms with Gasteiger partial charge in [-0.25, -0.2) is 4.99 Å². The molecule has 0 atom stereocenters. The molecule has 6 N–H and O–H groups in total. The van der Waals surface area contributed by atoms with Gasteiger partial charge in [-0.05, 0) is 29.3 Å². The molecular formula is C17H18N4O3. The molecule has 0 aliphatic heterocycles. The van der Waals surface area contributed by atoms with Crippen molar-refractivity contribution in [3.63, 3.8) is 0 Å². The fourth-order valence-electron chi connectivity index (χ4n) is 2.17. The van der Waals surface area contributed by atoms with Crippen LogP contribution in [0.2, 0.25) is 0 Å². The van der Waals surface area contributed by atoms with E-state index in [1.165, 1.54) is 0 Å². The van der Waals surface area contributed by atoms with Crippen molar-refractivity contribution in [3.8, 4) is 0 Å². The molecule has 124 valence electrons. The number of nitrogens with one attached hydrogen (secondary N) is 1. The molecule has 0 saturated carbocycles. The van der Waals surface area contributed by atoms with Crippen molar-refractivity contribution in [2.24, 2.45) is 16.5 Å². The maximum Gasteiger partial charge on any atom is 0.307 e. The Morgan fingerprint density at radius 1 is 1.04 bits per heavy atom. The van der Waals surface area contributed by atoms with Gasteiger partial charge in [0.05, 0.1) is 12.1 Å². The zero-order chi connectivity index (χ0) is 17.5. The van der Waals surface area contributed by atoms with Gasteiger partial charge in [-0.1, -0.05) is 30.3 Å². The van der Waals surface area contributed by atoms with E-state index in [0.717, 1.165) is 5.56 Å². The van der Waals surface area contributed by atoms with E-state index in [4.69, 9.17) is 16.6 Å². The van der Waals surface area contributed by atoms with Crippen LogP contribution < -0.4 is 16.8 Å². The van der Waals surface area contributed by atoms with Crippen molar-refractivity contribution >= 4 is 23.5 Å². The molecule has 7 nitrogen and oxygen atoms in total. The van der Waals surface area contributed by atoms with Crippen LogP contribution in [0.25, 0.3) is 0 Å². The van der Waals surface area contributed by atoms with E-state index in [1.807, 2.05) is 6.07 Å². The third-order valence-electron chi connectivity index (χ3n) is 3.17. The Balaban J connectivity index is 2.03. The van der Waals surface area contributed by atoms with E-state index < -0.39 is 5.97 Å². The third kappa shape index (κ3) is 5.13. The Hall–Kier alpha value is -3.35. The summed E-state index contributed by atoms with van der Waals surface area (Å²) in [6.45, 7) is 0.290. The lowest BCUT2D eigenvalue weighted by atomic mass is 10.1. The van der Waals surface area contributed by atoms with Crippen LogP contribution >= 0.6 is 0 Å². The van der Waals surface area contributed by atoms with Crippen molar-refractivity contribution < 1.29 is 14.7 Å². The van der Waals surface area contributed by atoms with Crippen LogP contribution in [0.5, 0.6) is 0 Å². The minimum absolute atomic E-state index is 0.0532. The highest BCUT2D eigenvalue weighted by molar-refractivity contribution is 5.95. The lowest BCUT2D eigenvalue weighted by Gasteiger charge is -2.07. The number of aliphatic imine (C=N–C) groups is 1. The number of rotatable bonds is 6. The normalized spacial score (nSPS) is 10.0. The molecule has 0 saturated heterocycles. The molecule has 2 rings (SSSR count). The molecular weight excluding hydrogens is 308 g/mol. The largest absolute Gasteiger partial charge is 0.481 e. The Labute approximate surface area is 139 Å². The summed E-state index contributed by atoms with van der Waals surface area (Å²) in [5.74, 6) is -1.25. The monoisotopic (exact) mass is 326 g/mol. The molecule has 0 fully saturated rings. The van der Waals surface area contributed by atoms with E-state index in [0.29, 0.717) is 23.4 Å². The second kappa shape index (κ2) is 7.77. The maximum absolute atomic E-state index is 12.2. The highest BCUT2D eigenvalue weighted by atomic mass is 16.4. The lowest BCUT2D eigenvalue weighted by molar-refractivity contribution is -0.136. The van der Waals surface area contributed by atoms with Crippen molar-refractivity contribution in [1.82, 2.24) is 5.32 Å². The van der Waals surface area contributed by atoms with Crippen LogP contribution in [0.3, 0.4) is 0 Å². The molecule has 0 radical (unpaired) electrons. The van der Waals surface area contributed by atoms with E-state index >= 15 is 0 Å². The molecule has 0 spiro atoms. The van der Waals surface area contributed by atoms with E-state index in [9.17, 15) is 9.59 Å². The van der Waals surface area contributed by atoms with Crippen LogP contribution in [0.1, 0.15) is 21.5 Å². The van der Waals surface area contributed by atoms with Gasteiger partial charge >= 0.3 is 5.97 Å². The number of amides is 1. The number of carboxylic acids is 1. The first-order chi connectivity index (χ1) is 11.4. The van der Waals surface area contributed by atoms with Crippen molar-refractivity contribution in [2.75, 3.05) is 0 Å². The SMILES string of the molecule is NC(N)=Nc1cccc(C(=O)NCc2cccc(CC(=O)O)c2)c1. The van der Waals surface area contributed by atoms with Gasteiger partial charge in [0.25, 0.3) is 5.91 Å². The van der Waals surface area contributed by atoms with E-state index in [1.54, 1.807) is 42.5 Å². The first-order valence-corrected chi connectivity index (χ1v) is 7.21. The zero-order valence-corrected chi connectivity index (χ0v) is 12.9. The Morgan fingerprint density at radius 3 is 2.46 bits per heavy atom. The molecule has 2 aromatic carbocycles. The average Bonchev–Trinajstić information content (AvgIpc) is 2.52. The van der Waals surface area contributed by atoms with Gasteiger partial charge in [-0.2, -0.15) is 0 Å². The van der Waals surface area contributed by atoms with Gasteiger partial charge in [-0.3, -0.25) is 9.59 Å². The second-order valence-corrected chi connectivity index (χ2v) is 5.16. The van der Waals surface area contributed by atoms with Gasteiger partial charge in [0, 0.05) is 12.1 Å². The molecule has 1 amide bonds. The number of aliphatic carboxylic acids is 1. The molecule has 0 heterocycles. The molecule has 24 heavy (non-hydrogen) atoms. The van der Waals surface area contributed by atoms with Crippen molar-refractivity contribution in [1.29, 1.82) is 0 Å². The van der Waals surface area contributed by atoms with Crippen LogP contribution in [0, 0.1) is 0 Å². The second-order valence-electron chi connectivity index (χ2n) is 5.16.